The average Bonchev–Trinajstić information content (AvgIpc) is 3.31. The molecule has 8 nitrogen and oxygen atoms in total. The molecule has 0 atom stereocenters. The zero-order valence-corrected chi connectivity index (χ0v) is 13.4. The summed E-state index contributed by atoms with van der Waals surface area (Å²) in [7, 11) is 0. The highest BCUT2D eigenvalue weighted by Gasteiger charge is 2.19. The van der Waals surface area contributed by atoms with Gasteiger partial charge < -0.3 is 4.42 Å². The lowest BCUT2D eigenvalue weighted by molar-refractivity contribution is 0.377. The van der Waals surface area contributed by atoms with Crippen molar-refractivity contribution in [1.82, 2.24) is 24.7 Å². The second-order valence-corrected chi connectivity index (χ2v) is 5.90. The Morgan fingerprint density at radius 2 is 2.25 bits per heavy atom. The molecule has 0 aliphatic heterocycles. The molecular formula is C15H11N5O3S. The number of hydrogen-bond acceptors (Lipinski definition) is 8. The average molecular weight is 341 g/mol. The predicted molar refractivity (Wildman–Crippen MR) is 85.4 cm³/mol. The molecule has 120 valence electrons. The van der Waals surface area contributed by atoms with E-state index in [1.807, 2.05) is 17.5 Å². The molecule has 0 unspecified atom stereocenters. The van der Waals surface area contributed by atoms with Gasteiger partial charge in [0.15, 0.2) is 0 Å². The minimum Gasteiger partial charge on any atom is -0.440 e. The Hall–Kier alpha value is -3.07. The Bertz CT molecular complexity index is 1020. The van der Waals surface area contributed by atoms with Crippen LogP contribution in [0.5, 0.6) is 0 Å². The van der Waals surface area contributed by atoms with E-state index in [0.29, 0.717) is 28.9 Å². The first-order chi connectivity index (χ1) is 11.7. The fraction of sp³-hybridized carbons (Fsp3) is 0.133. The van der Waals surface area contributed by atoms with E-state index in [0.717, 1.165) is 4.88 Å². The summed E-state index contributed by atoms with van der Waals surface area (Å²) in [5.74, 6) is 0.878. The maximum atomic E-state index is 12.0. The predicted octanol–water partition coefficient (Wildman–Crippen LogP) is 2.37. The second kappa shape index (κ2) is 5.85. The van der Waals surface area contributed by atoms with Crippen molar-refractivity contribution in [2.24, 2.45) is 0 Å². The lowest BCUT2D eigenvalue weighted by atomic mass is 10.3. The molecule has 0 amide bonds. The van der Waals surface area contributed by atoms with Gasteiger partial charge in [0.1, 0.15) is 17.1 Å². The molecule has 0 bridgehead atoms. The van der Waals surface area contributed by atoms with Crippen LogP contribution in [-0.4, -0.2) is 24.7 Å². The van der Waals surface area contributed by atoms with Crippen molar-refractivity contribution in [3.8, 4) is 22.3 Å². The third-order valence-corrected chi connectivity index (χ3v) is 4.27. The highest BCUT2D eigenvalue weighted by Crippen LogP contribution is 2.26. The molecule has 0 aromatic carbocycles. The molecule has 0 N–H and O–H groups in total. The van der Waals surface area contributed by atoms with Gasteiger partial charge in [0.05, 0.1) is 17.6 Å². The Morgan fingerprint density at radius 1 is 1.33 bits per heavy atom. The summed E-state index contributed by atoms with van der Waals surface area (Å²) in [4.78, 5) is 25.5. The molecule has 4 heterocycles. The van der Waals surface area contributed by atoms with Gasteiger partial charge in [-0.1, -0.05) is 11.2 Å². The monoisotopic (exact) mass is 341 g/mol. The zero-order chi connectivity index (χ0) is 16.5. The lowest BCUT2D eigenvalue weighted by Crippen LogP contribution is -2.17. The smallest absolute Gasteiger partial charge is 0.440 e. The van der Waals surface area contributed by atoms with Crippen molar-refractivity contribution < 1.29 is 8.94 Å². The lowest BCUT2D eigenvalue weighted by Gasteiger charge is -2.01. The Balaban J connectivity index is 1.72. The molecule has 0 spiro atoms. The van der Waals surface area contributed by atoms with Gasteiger partial charge in [0.25, 0.3) is 0 Å². The number of aryl methyl sites for hydroxylation is 1. The molecular weight excluding hydrogens is 330 g/mol. The molecule has 0 fully saturated rings. The summed E-state index contributed by atoms with van der Waals surface area (Å²) in [6.45, 7) is 1.98. The van der Waals surface area contributed by atoms with Crippen LogP contribution in [0, 0.1) is 6.92 Å². The summed E-state index contributed by atoms with van der Waals surface area (Å²) in [5, 5.41) is 5.73. The van der Waals surface area contributed by atoms with Gasteiger partial charge in [-0.2, -0.15) is 0 Å². The largest absolute Gasteiger partial charge is 0.442 e. The molecule has 4 rings (SSSR count). The van der Waals surface area contributed by atoms with E-state index in [2.05, 4.69) is 20.1 Å². The molecule has 0 saturated carbocycles. The van der Waals surface area contributed by atoms with Crippen LogP contribution in [0.2, 0.25) is 0 Å². The third-order valence-electron chi connectivity index (χ3n) is 3.41. The number of thiophene rings is 1. The third kappa shape index (κ3) is 2.54. The minimum absolute atomic E-state index is 0.176. The van der Waals surface area contributed by atoms with Crippen LogP contribution >= 0.6 is 11.3 Å². The summed E-state index contributed by atoms with van der Waals surface area (Å²) in [6.07, 6.45) is 4.58. The van der Waals surface area contributed by atoms with Gasteiger partial charge in [-0.3, -0.25) is 9.51 Å². The van der Waals surface area contributed by atoms with E-state index in [9.17, 15) is 4.79 Å². The Morgan fingerprint density at radius 3 is 3.00 bits per heavy atom. The van der Waals surface area contributed by atoms with E-state index in [1.165, 1.54) is 28.3 Å². The van der Waals surface area contributed by atoms with E-state index in [4.69, 9.17) is 8.94 Å². The Labute approximate surface area is 139 Å². The SMILES string of the molecule is Cc1oc(-c2cccs2)nc1Cn1c(-c2cnccn2)noc1=O. The molecule has 0 aliphatic rings. The molecule has 0 aliphatic carbocycles. The second-order valence-electron chi connectivity index (χ2n) is 4.95. The van der Waals surface area contributed by atoms with Crippen molar-refractivity contribution in [1.29, 1.82) is 0 Å². The van der Waals surface area contributed by atoms with Crippen molar-refractivity contribution in [3.05, 3.63) is 58.1 Å². The minimum atomic E-state index is -0.587. The fourth-order valence-electron chi connectivity index (χ4n) is 2.24. The first-order valence-electron chi connectivity index (χ1n) is 7.05. The quantitative estimate of drug-likeness (QED) is 0.561. The van der Waals surface area contributed by atoms with Gasteiger partial charge >= 0.3 is 5.76 Å². The van der Waals surface area contributed by atoms with Crippen LogP contribution in [0.3, 0.4) is 0 Å². The molecule has 0 radical (unpaired) electrons. The van der Waals surface area contributed by atoms with Crippen LogP contribution in [0.15, 0.2) is 49.8 Å². The standard InChI is InChI=1S/C15H11N5O3S/c1-9-11(18-14(22-9)12-3-2-6-24-12)8-20-13(19-23-15(20)21)10-7-16-4-5-17-10/h2-7H,8H2,1H3. The first-order valence-corrected chi connectivity index (χ1v) is 7.93. The van der Waals surface area contributed by atoms with Crippen molar-refractivity contribution in [2.45, 2.75) is 13.5 Å². The number of nitrogens with zero attached hydrogens (tertiary/aromatic N) is 5. The Kier molecular flexibility index (Phi) is 3.54. The van der Waals surface area contributed by atoms with Crippen molar-refractivity contribution >= 4 is 11.3 Å². The number of aromatic nitrogens is 5. The van der Waals surface area contributed by atoms with Crippen LogP contribution in [0.25, 0.3) is 22.3 Å². The summed E-state index contributed by atoms with van der Waals surface area (Å²) < 4.78 is 11.8. The van der Waals surface area contributed by atoms with E-state index in [1.54, 1.807) is 13.1 Å². The summed E-state index contributed by atoms with van der Waals surface area (Å²) in [5.41, 5.74) is 1.08. The van der Waals surface area contributed by atoms with Crippen molar-refractivity contribution in [3.63, 3.8) is 0 Å². The first kappa shape index (κ1) is 14.5. The normalized spacial score (nSPS) is 11.0. The highest BCUT2D eigenvalue weighted by molar-refractivity contribution is 7.13. The topological polar surface area (TPSA) is 99.8 Å². The van der Waals surface area contributed by atoms with Gasteiger partial charge in [0.2, 0.25) is 11.7 Å². The summed E-state index contributed by atoms with van der Waals surface area (Å²) in [6, 6.07) is 3.85. The van der Waals surface area contributed by atoms with Crippen LogP contribution in [0.1, 0.15) is 11.5 Å². The van der Waals surface area contributed by atoms with Gasteiger partial charge in [0, 0.05) is 12.4 Å². The fourth-order valence-corrected chi connectivity index (χ4v) is 2.89. The zero-order valence-electron chi connectivity index (χ0n) is 12.5. The molecule has 0 saturated heterocycles. The van der Waals surface area contributed by atoms with Gasteiger partial charge in [-0.05, 0) is 18.4 Å². The van der Waals surface area contributed by atoms with E-state index in [-0.39, 0.29) is 6.54 Å². The van der Waals surface area contributed by atoms with Gasteiger partial charge in [-0.15, -0.1) is 11.3 Å². The van der Waals surface area contributed by atoms with E-state index < -0.39 is 5.76 Å². The van der Waals surface area contributed by atoms with Crippen molar-refractivity contribution in [2.75, 3.05) is 0 Å². The molecule has 4 aromatic heterocycles. The summed E-state index contributed by atoms with van der Waals surface area (Å²) >= 11 is 1.54. The molecule has 24 heavy (non-hydrogen) atoms. The maximum Gasteiger partial charge on any atom is 0.442 e. The van der Waals surface area contributed by atoms with Crippen LogP contribution in [-0.2, 0) is 6.54 Å². The molecule has 9 heteroatoms. The number of rotatable bonds is 4. The molecule has 4 aromatic rings. The van der Waals surface area contributed by atoms with Crippen LogP contribution in [0.4, 0.5) is 0 Å². The highest BCUT2D eigenvalue weighted by atomic mass is 32.1. The van der Waals surface area contributed by atoms with Crippen LogP contribution < -0.4 is 5.76 Å². The van der Waals surface area contributed by atoms with E-state index >= 15 is 0 Å². The van der Waals surface area contributed by atoms with Gasteiger partial charge in [-0.25, -0.2) is 19.3 Å². The number of hydrogen-bond donors (Lipinski definition) is 0. The number of oxazole rings is 1. The maximum absolute atomic E-state index is 12.0.